The molecule has 0 unspecified atom stereocenters. The SMILES string of the molecule is c1cc(-c2ccc3cc(-c4ccc(-c5ccc6ccccc6c5)cc4)ccc3c2)cc(-c2c3ccccc3c(-c3ccc4ccccc4c3)c3ccccc23)c1. The largest absolute Gasteiger partial charge is 0.0616 e. The molecule has 0 aromatic heterocycles. The molecule has 0 aliphatic heterocycles. The van der Waals surface area contributed by atoms with Crippen LogP contribution in [0, 0.1) is 0 Å². The molecule has 0 amide bonds. The van der Waals surface area contributed by atoms with E-state index in [9.17, 15) is 0 Å². The molecule has 56 heavy (non-hydrogen) atoms. The summed E-state index contributed by atoms with van der Waals surface area (Å²) in [5, 5.41) is 12.6. The highest BCUT2D eigenvalue weighted by Gasteiger charge is 2.17. The number of fused-ring (bicyclic) bond motifs is 5. The Balaban J connectivity index is 0.953. The van der Waals surface area contributed by atoms with E-state index < -0.39 is 0 Å². The molecule has 0 radical (unpaired) electrons. The van der Waals surface area contributed by atoms with Gasteiger partial charge in [0.15, 0.2) is 0 Å². The average molecular weight is 709 g/mol. The predicted molar refractivity (Wildman–Crippen MR) is 241 cm³/mol. The molecule has 0 atom stereocenters. The maximum atomic E-state index is 2.37. The van der Waals surface area contributed by atoms with Crippen LogP contribution in [0.5, 0.6) is 0 Å². The van der Waals surface area contributed by atoms with Crippen molar-refractivity contribution in [2.45, 2.75) is 0 Å². The van der Waals surface area contributed by atoms with Crippen LogP contribution in [-0.2, 0) is 0 Å². The maximum absolute atomic E-state index is 2.37. The fourth-order valence-electron chi connectivity index (χ4n) is 8.78. The first-order valence-electron chi connectivity index (χ1n) is 19.4. The molecular weight excluding hydrogens is 673 g/mol. The van der Waals surface area contributed by atoms with Crippen molar-refractivity contribution >= 4 is 53.9 Å². The molecule has 0 fully saturated rings. The molecule has 11 aromatic rings. The summed E-state index contributed by atoms with van der Waals surface area (Å²) in [6.07, 6.45) is 0. The quantitative estimate of drug-likeness (QED) is 0.156. The molecule has 0 heterocycles. The minimum absolute atomic E-state index is 1.21. The molecule has 0 aliphatic rings. The van der Waals surface area contributed by atoms with Gasteiger partial charge in [-0.15, -0.1) is 0 Å². The Labute approximate surface area is 326 Å². The number of hydrogen-bond donors (Lipinski definition) is 0. The second-order valence-electron chi connectivity index (χ2n) is 14.9. The molecule has 0 saturated carbocycles. The fraction of sp³-hybridized carbons (Fsp3) is 0. The molecule has 0 aliphatic carbocycles. The lowest BCUT2D eigenvalue weighted by Gasteiger charge is -2.18. The van der Waals surface area contributed by atoms with Gasteiger partial charge in [-0.3, -0.25) is 0 Å². The van der Waals surface area contributed by atoms with Gasteiger partial charge in [0.1, 0.15) is 0 Å². The van der Waals surface area contributed by atoms with Crippen LogP contribution in [0.15, 0.2) is 218 Å². The van der Waals surface area contributed by atoms with E-state index in [0.29, 0.717) is 0 Å². The first kappa shape index (κ1) is 32.2. The van der Waals surface area contributed by atoms with Crippen LogP contribution in [0.3, 0.4) is 0 Å². The number of benzene rings is 11. The smallest absolute Gasteiger partial charge is 0.00262 e. The normalized spacial score (nSPS) is 11.6. The van der Waals surface area contributed by atoms with Gasteiger partial charge in [0, 0.05) is 0 Å². The van der Waals surface area contributed by atoms with Crippen LogP contribution in [0.2, 0.25) is 0 Å². The zero-order valence-corrected chi connectivity index (χ0v) is 30.8. The summed E-state index contributed by atoms with van der Waals surface area (Å²) in [6, 6.07) is 80.4. The summed E-state index contributed by atoms with van der Waals surface area (Å²) in [5.41, 5.74) is 12.4. The van der Waals surface area contributed by atoms with Gasteiger partial charge in [0.05, 0.1) is 0 Å². The van der Waals surface area contributed by atoms with Crippen molar-refractivity contribution in [1.29, 1.82) is 0 Å². The summed E-state index contributed by atoms with van der Waals surface area (Å²) in [6.45, 7) is 0. The van der Waals surface area contributed by atoms with Gasteiger partial charge in [-0.25, -0.2) is 0 Å². The summed E-state index contributed by atoms with van der Waals surface area (Å²) in [5.74, 6) is 0. The molecule has 260 valence electrons. The predicted octanol–water partition coefficient (Wildman–Crippen LogP) is 15.8. The van der Waals surface area contributed by atoms with Crippen LogP contribution in [0.25, 0.3) is 109 Å². The topological polar surface area (TPSA) is 0 Å². The lowest BCUT2D eigenvalue weighted by molar-refractivity contribution is 1.61. The third kappa shape index (κ3) is 5.54. The Morgan fingerprint density at radius 3 is 0.929 bits per heavy atom. The Morgan fingerprint density at radius 2 is 0.446 bits per heavy atom. The van der Waals surface area contributed by atoms with Gasteiger partial charge in [-0.05, 0) is 140 Å². The lowest BCUT2D eigenvalue weighted by Crippen LogP contribution is -1.91. The molecule has 0 nitrogen and oxygen atoms in total. The van der Waals surface area contributed by atoms with E-state index in [1.54, 1.807) is 0 Å². The molecule has 11 aromatic carbocycles. The highest BCUT2D eigenvalue weighted by molar-refractivity contribution is 6.22. The van der Waals surface area contributed by atoms with Crippen LogP contribution in [0.1, 0.15) is 0 Å². The summed E-state index contributed by atoms with van der Waals surface area (Å²) in [4.78, 5) is 0. The van der Waals surface area contributed by atoms with Crippen molar-refractivity contribution in [3.05, 3.63) is 218 Å². The van der Waals surface area contributed by atoms with E-state index in [-0.39, 0.29) is 0 Å². The first-order chi connectivity index (χ1) is 27.7. The Morgan fingerprint density at radius 1 is 0.161 bits per heavy atom. The first-order valence-corrected chi connectivity index (χ1v) is 19.4. The summed E-state index contributed by atoms with van der Waals surface area (Å²) in [7, 11) is 0. The van der Waals surface area contributed by atoms with Gasteiger partial charge in [-0.2, -0.15) is 0 Å². The van der Waals surface area contributed by atoms with Crippen LogP contribution in [0.4, 0.5) is 0 Å². The van der Waals surface area contributed by atoms with E-state index >= 15 is 0 Å². The van der Waals surface area contributed by atoms with Crippen LogP contribution < -0.4 is 0 Å². The van der Waals surface area contributed by atoms with Crippen molar-refractivity contribution in [1.82, 2.24) is 0 Å². The zero-order chi connectivity index (χ0) is 37.0. The van der Waals surface area contributed by atoms with Crippen molar-refractivity contribution in [2.24, 2.45) is 0 Å². The van der Waals surface area contributed by atoms with Crippen LogP contribution in [-0.4, -0.2) is 0 Å². The molecular formula is C56H36. The second-order valence-corrected chi connectivity index (χ2v) is 14.9. The van der Waals surface area contributed by atoms with E-state index in [1.807, 2.05) is 0 Å². The van der Waals surface area contributed by atoms with Gasteiger partial charge in [0.2, 0.25) is 0 Å². The van der Waals surface area contributed by atoms with Crippen LogP contribution >= 0.6 is 0 Å². The van der Waals surface area contributed by atoms with Gasteiger partial charge in [0.25, 0.3) is 0 Å². The molecule has 11 rings (SSSR count). The third-order valence-electron chi connectivity index (χ3n) is 11.6. The standard InChI is InChI=1S/C56H36/c1-3-12-41-32-44(26-24-37(41)10-1)39-20-22-40(23-21-39)45-27-28-48-34-46(29-30-47(48)33-45)43-14-9-15-49(36-43)55-51-16-5-7-18-53(51)56(54-19-8-6-17-52(54)55)50-31-25-38-11-2-4-13-42(38)35-50/h1-36H. The Hall–Kier alpha value is -7.28. The highest BCUT2D eigenvalue weighted by atomic mass is 14.2. The van der Waals surface area contributed by atoms with Crippen molar-refractivity contribution < 1.29 is 0 Å². The minimum Gasteiger partial charge on any atom is -0.0616 e. The van der Waals surface area contributed by atoms with E-state index in [1.165, 1.54) is 109 Å². The number of hydrogen-bond acceptors (Lipinski definition) is 0. The third-order valence-corrected chi connectivity index (χ3v) is 11.6. The van der Waals surface area contributed by atoms with Crippen molar-refractivity contribution in [3.63, 3.8) is 0 Å². The maximum Gasteiger partial charge on any atom is -0.00262 e. The van der Waals surface area contributed by atoms with Gasteiger partial charge >= 0.3 is 0 Å². The molecule has 0 heteroatoms. The Bertz CT molecular complexity index is 3240. The monoisotopic (exact) mass is 708 g/mol. The second kappa shape index (κ2) is 13.2. The molecule has 0 N–H and O–H groups in total. The molecule has 0 saturated heterocycles. The van der Waals surface area contributed by atoms with E-state index in [2.05, 4.69) is 218 Å². The molecule has 0 spiro atoms. The van der Waals surface area contributed by atoms with Crippen molar-refractivity contribution in [2.75, 3.05) is 0 Å². The Kier molecular flexibility index (Phi) is 7.60. The van der Waals surface area contributed by atoms with Crippen molar-refractivity contribution in [3.8, 4) is 55.6 Å². The lowest BCUT2D eigenvalue weighted by atomic mass is 9.85. The molecule has 0 bridgehead atoms. The zero-order valence-electron chi connectivity index (χ0n) is 30.8. The number of rotatable bonds is 5. The van der Waals surface area contributed by atoms with Gasteiger partial charge < -0.3 is 0 Å². The van der Waals surface area contributed by atoms with Gasteiger partial charge in [-0.1, -0.05) is 188 Å². The average Bonchev–Trinajstić information content (AvgIpc) is 3.27. The summed E-state index contributed by atoms with van der Waals surface area (Å²) < 4.78 is 0. The van der Waals surface area contributed by atoms with E-state index in [4.69, 9.17) is 0 Å². The minimum atomic E-state index is 1.21. The van der Waals surface area contributed by atoms with E-state index in [0.717, 1.165) is 0 Å². The summed E-state index contributed by atoms with van der Waals surface area (Å²) >= 11 is 0. The highest BCUT2D eigenvalue weighted by Crippen LogP contribution is 2.45. The fourth-order valence-corrected chi connectivity index (χ4v) is 8.78.